The monoisotopic (exact) mass is 491 g/mol. The van der Waals surface area contributed by atoms with Gasteiger partial charge in [-0.15, -0.1) is 0 Å². The fraction of sp³-hybridized carbons (Fsp3) is 0.333. The van der Waals surface area contributed by atoms with E-state index in [4.69, 9.17) is 16.0 Å². The molecule has 7 nitrogen and oxygen atoms in total. The largest absolute Gasteiger partial charge is 0.447 e. The van der Waals surface area contributed by atoms with Gasteiger partial charge in [-0.2, -0.15) is 0 Å². The summed E-state index contributed by atoms with van der Waals surface area (Å²) in [6.07, 6.45) is 4.45. The van der Waals surface area contributed by atoms with E-state index >= 15 is 0 Å². The number of para-hydroxylation sites is 1. The molecule has 5 rings (SSSR count). The van der Waals surface area contributed by atoms with E-state index < -0.39 is 0 Å². The minimum Gasteiger partial charge on any atom is -0.447 e. The number of H-pyrrole nitrogens is 1. The van der Waals surface area contributed by atoms with Crippen LogP contribution in [-0.4, -0.2) is 70.3 Å². The zero-order chi connectivity index (χ0) is 24.2. The summed E-state index contributed by atoms with van der Waals surface area (Å²) < 4.78 is 5.75. The molecule has 1 aliphatic heterocycles. The van der Waals surface area contributed by atoms with Crippen molar-refractivity contribution in [2.24, 2.45) is 0 Å². The van der Waals surface area contributed by atoms with E-state index in [1.54, 1.807) is 0 Å². The summed E-state index contributed by atoms with van der Waals surface area (Å²) in [5, 5.41) is 1.96. The Hall–Kier alpha value is -3.13. The van der Waals surface area contributed by atoms with Crippen molar-refractivity contribution in [2.45, 2.75) is 19.5 Å². The van der Waals surface area contributed by atoms with Gasteiger partial charge in [-0.05, 0) is 42.8 Å². The molecule has 35 heavy (non-hydrogen) atoms. The van der Waals surface area contributed by atoms with E-state index in [1.807, 2.05) is 29.2 Å². The summed E-state index contributed by atoms with van der Waals surface area (Å²) in [6.45, 7) is 5.18. The van der Waals surface area contributed by atoms with Gasteiger partial charge in [-0.1, -0.05) is 41.9 Å². The van der Waals surface area contributed by atoms with E-state index in [0.29, 0.717) is 37.8 Å². The number of likely N-dealkylation sites (N-methyl/N-ethyl adjacent to an activating group) is 1. The molecular formula is C27H30ClN5O2. The molecule has 182 valence electrons. The molecule has 0 atom stereocenters. The molecule has 0 saturated carbocycles. The standard InChI is InChI=1S/C27H30ClN5O2/c1-31-11-13-33(14-12-31)27(34)25-19-35-26(30-25)18-32(17-20-5-4-6-22(28)15-20)10-9-21-16-29-24-8-3-2-7-23(21)24/h2-8,15-16,19,29H,9-14,17-18H2,1H3. The van der Waals surface area contributed by atoms with Gasteiger partial charge in [0.05, 0.1) is 6.54 Å². The number of oxazole rings is 1. The van der Waals surface area contributed by atoms with Crippen LogP contribution in [0.5, 0.6) is 0 Å². The first-order chi connectivity index (χ1) is 17.0. The van der Waals surface area contributed by atoms with E-state index in [1.165, 1.54) is 17.2 Å². The van der Waals surface area contributed by atoms with Gasteiger partial charge < -0.3 is 19.2 Å². The van der Waals surface area contributed by atoms with Gasteiger partial charge in [0.1, 0.15) is 6.26 Å². The summed E-state index contributed by atoms with van der Waals surface area (Å²) in [4.78, 5) is 27.2. The number of rotatable bonds is 8. The number of aromatic amines is 1. The number of carbonyl (C=O) groups excluding carboxylic acids is 1. The fourth-order valence-electron chi connectivity index (χ4n) is 4.57. The highest BCUT2D eigenvalue weighted by atomic mass is 35.5. The third-order valence-corrected chi connectivity index (χ3v) is 6.82. The maximum absolute atomic E-state index is 12.9. The Labute approximate surface area is 210 Å². The van der Waals surface area contributed by atoms with Crippen molar-refractivity contribution in [2.75, 3.05) is 39.8 Å². The van der Waals surface area contributed by atoms with Gasteiger partial charge in [0, 0.05) is 61.4 Å². The Kier molecular flexibility index (Phi) is 7.18. The van der Waals surface area contributed by atoms with Crippen LogP contribution in [-0.2, 0) is 19.5 Å². The summed E-state index contributed by atoms with van der Waals surface area (Å²) in [5.41, 5.74) is 3.92. The normalized spacial score (nSPS) is 14.8. The molecule has 2 aromatic heterocycles. The van der Waals surface area contributed by atoms with Gasteiger partial charge in [0.2, 0.25) is 5.89 Å². The Morgan fingerprint density at radius 1 is 1.11 bits per heavy atom. The molecule has 0 radical (unpaired) electrons. The van der Waals surface area contributed by atoms with Crippen LogP contribution in [0.3, 0.4) is 0 Å². The summed E-state index contributed by atoms with van der Waals surface area (Å²) in [7, 11) is 2.07. The van der Waals surface area contributed by atoms with Crippen molar-refractivity contribution in [1.82, 2.24) is 24.7 Å². The van der Waals surface area contributed by atoms with Crippen LogP contribution in [0.2, 0.25) is 5.02 Å². The predicted octanol–water partition coefficient (Wildman–Crippen LogP) is 4.44. The first-order valence-corrected chi connectivity index (χ1v) is 12.4. The number of halogens is 1. The lowest BCUT2D eigenvalue weighted by atomic mass is 10.1. The van der Waals surface area contributed by atoms with Crippen molar-refractivity contribution < 1.29 is 9.21 Å². The zero-order valence-corrected chi connectivity index (χ0v) is 20.7. The van der Waals surface area contributed by atoms with Gasteiger partial charge in [-0.3, -0.25) is 9.69 Å². The van der Waals surface area contributed by atoms with E-state index in [2.05, 4.69) is 57.3 Å². The van der Waals surface area contributed by atoms with Crippen LogP contribution < -0.4 is 0 Å². The van der Waals surface area contributed by atoms with Crippen LogP contribution in [0.4, 0.5) is 0 Å². The molecular weight excluding hydrogens is 462 g/mol. The highest BCUT2D eigenvalue weighted by Gasteiger charge is 2.23. The lowest BCUT2D eigenvalue weighted by molar-refractivity contribution is 0.0658. The maximum atomic E-state index is 12.9. The molecule has 1 aliphatic rings. The lowest BCUT2D eigenvalue weighted by Crippen LogP contribution is -2.47. The zero-order valence-electron chi connectivity index (χ0n) is 19.9. The molecule has 0 unspecified atom stereocenters. The van der Waals surface area contributed by atoms with Crippen molar-refractivity contribution in [1.29, 1.82) is 0 Å². The fourth-order valence-corrected chi connectivity index (χ4v) is 4.78. The number of nitrogens with one attached hydrogen (secondary N) is 1. The lowest BCUT2D eigenvalue weighted by Gasteiger charge is -2.31. The summed E-state index contributed by atoms with van der Waals surface area (Å²) in [5.74, 6) is 0.483. The summed E-state index contributed by atoms with van der Waals surface area (Å²) >= 11 is 6.23. The summed E-state index contributed by atoms with van der Waals surface area (Å²) in [6, 6.07) is 16.2. The predicted molar refractivity (Wildman–Crippen MR) is 137 cm³/mol. The topological polar surface area (TPSA) is 68.6 Å². The van der Waals surface area contributed by atoms with Crippen LogP contribution in [0.25, 0.3) is 10.9 Å². The average molecular weight is 492 g/mol. The van der Waals surface area contributed by atoms with Gasteiger partial charge in [0.15, 0.2) is 5.69 Å². The molecule has 3 heterocycles. The molecule has 2 aromatic carbocycles. The van der Waals surface area contributed by atoms with Crippen LogP contribution >= 0.6 is 11.6 Å². The van der Waals surface area contributed by atoms with Crippen molar-refractivity contribution in [3.8, 4) is 0 Å². The number of fused-ring (bicyclic) bond motifs is 1. The Bertz CT molecular complexity index is 1290. The molecule has 1 amide bonds. The highest BCUT2D eigenvalue weighted by molar-refractivity contribution is 6.30. The number of amides is 1. The quantitative estimate of drug-likeness (QED) is 0.394. The number of benzene rings is 2. The van der Waals surface area contributed by atoms with Crippen molar-refractivity contribution in [3.05, 3.63) is 88.7 Å². The first-order valence-electron chi connectivity index (χ1n) is 12.0. The minimum atomic E-state index is -0.0618. The Morgan fingerprint density at radius 2 is 1.94 bits per heavy atom. The molecule has 8 heteroatoms. The first kappa shape index (κ1) is 23.6. The minimum absolute atomic E-state index is 0.0618. The molecule has 0 aliphatic carbocycles. The molecule has 4 aromatic rings. The smallest absolute Gasteiger partial charge is 0.275 e. The number of carbonyl (C=O) groups is 1. The third-order valence-electron chi connectivity index (χ3n) is 6.59. The number of nitrogens with zero attached hydrogens (tertiary/aromatic N) is 4. The molecule has 1 N–H and O–H groups in total. The van der Waals surface area contributed by atoms with Gasteiger partial charge in [-0.25, -0.2) is 4.98 Å². The number of aromatic nitrogens is 2. The van der Waals surface area contributed by atoms with E-state index in [-0.39, 0.29) is 5.91 Å². The Balaban J connectivity index is 1.29. The average Bonchev–Trinajstić information content (AvgIpc) is 3.50. The SMILES string of the molecule is CN1CCN(C(=O)c2coc(CN(CCc3c[nH]c4ccccc34)Cc3cccc(Cl)c3)n2)CC1. The van der Waals surface area contributed by atoms with Gasteiger partial charge >= 0.3 is 0 Å². The second kappa shape index (κ2) is 10.6. The molecule has 1 saturated heterocycles. The molecule has 1 fully saturated rings. The number of hydrogen-bond donors (Lipinski definition) is 1. The van der Waals surface area contributed by atoms with Crippen LogP contribution in [0.15, 0.2) is 65.4 Å². The van der Waals surface area contributed by atoms with Crippen LogP contribution in [0, 0.1) is 0 Å². The third kappa shape index (κ3) is 5.75. The highest BCUT2D eigenvalue weighted by Crippen LogP contribution is 2.20. The number of piperazine rings is 1. The van der Waals surface area contributed by atoms with E-state index in [9.17, 15) is 4.79 Å². The molecule has 0 bridgehead atoms. The van der Waals surface area contributed by atoms with Crippen molar-refractivity contribution >= 4 is 28.4 Å². The van der Waals surface area contributed by atoms with Gasteiger partial charge in [0.25, 0.3) is 5.91 Å². The number of hydrogen-bond acceptors (Lipinski definition) is 5. The maximum Gasteiger partial charge on any atom is 0.275 e. The van der Waals surface area contributed by atoms with Crippen LogP contribution in [0.1, 0.15) is 27.5 Å². The van der Waals surface area contributed by atoms with E-state index in [0.717, 1.165) is 42.2 Å². The second-order valence-electron chi connectivity index (χ2n) is 9.17. The van der Waals surface area contributed by atoms with Crippen molar-refractivity contribution in [3.63, 3.8) is 0 Å². The molecule has 0 spiro atoms. The second-order valence-corrected chi connectivity index (χ2v) is 9.61. The Morgan fingerprint density at radius 3 is 2.77 bits per heavy atom.